The predicted molar refractivity (Wildman–Crippen MR) is 183 cm³/mol. The Labute approximate surface area is 293 Å². The van der Waals surface area contributed by atoms with Crippen LogP contribution in [0.4, 0.5) is 5.69 Å². The second kappa shape index (κ2) is 13.8. The summed E-state index contributed by atoms with van der Waals surface area (Å²) in [6.45, 7) is 5.24. The maximum Gasteiger partial charge on any atom is 0.313 e. The summed E-state index contributed by atoms with van der Waals surface area (Å²) in [5, 5.41) is 14.1. The van der Waals surface area contributed by atoms with Crippen LogP contribution in [0.25, 0.3) is 0 Å². The van der Waals surface area contributed by atoms with Gasteiger partial charge in [-0.15, -0.1) is 0 Å². The topological polar surface area (TPSA) is 125 Å². The van der Waals surface area contributed by atoms with E-state index in [-0.39, 0.29) is 24.8 Å². The number of amides is 3. The fourth-order valence-electron chi connectivity index (χ4n) is 7.49. The second-order valence-electron chi connectivity index (χ2n) is 13.1. The number of nitrogens with one attached hydrogen (secondary N) is 1. The second-order valence-corrected chi connectivity index (χ2v) is 14.5. The molecule has 0 unspecified atom stereocenters. The molecule has 5 bridgehead atoms. The predicted octanol–water partition coefficient (Wildman–Crippen LogP) is 4.70. The molecule has 0 radical (unpaired) electrons. The first-order valence-electron chi connectivity index (χ1n) is 16.2. The van der Waals surface area contributed by atoms with E-state index in [1.807, 2.05) is 56.3 Å². The number of benzene rings is 2. The van der Waals surface area contributed by atoms with Gasteiger partial charge in [-0.3, -0.25) is 19.2 Å². The highest BCUT2D eigenvalue weighted by atomic mass is 79.9. The van der Waals surface area contributed by atoms with Gasteiger partial charge in [-0.25, -0.2) is 0 Å². The third-order valence-electron chi connectivity index (χ3n) is 9.79. The number of hydrogen-bond donors (Lipinski definition) is 2. The van der Waals surface area contributed by atoms with E-state index in [1.54, 1.807) is 42.2 Å². The summed E-state index contributed by atoms with van der Waals surface area (Å²) in [6, 6.07) is 13.4. The summed E-state index contributed by atoms with van der Waals surface area (Å²) >= 11 is 9.79. The summed E-state index contributed by atoms with van der Waals surface area (Å²) in [5.41, 5.74) is -0.308. The monoisotopic (exact) mass is 739 g/mol. The first-order chi connectivity index (χ1) is 23.0. The number of aliphatic hydroxyl groups excluding tert-OH is 1. The van der Waals surface area contributed by atoms with Gasteiger partial charge in [0.25, 0.3) is 5.91 Å². The summed E-state index contributed by atoms with van der Waals surface area (Å²) in [5.74, 6) is -4.24. The van der Waals surface area contributed by atoms with Crippen LogP contribution in [0.1, 0.15) is 45.3 Å². The molecule has 0 aromatic heterocycles. The number of allylic oxidation sites excluding steroid dienone is 1. The van der Waals surface area contributed by atoms with Crippen LogP contribution in [0.2, 0.25) is 5.02 Å². The van der Waals surface area contributed by atoms with Crippen molar-refractivity contribution < 1.29 is 33.8 Å². The number of cyclic esters (lactones) is 1. The van der Waals surface area contributed by atoms with Crippen molar-refractivity contribution in [3.8, 4) is 0 Å². The molecule has 8 atom stereocenters. The Morgan fingerprint density at radius 3 is 2.40 bits per heavy atom. The lowest BCUT2D eigenvalue weighted by atomic mass is 9.74. The quantitative estimate of drug-likeness (QED) is 0.337. The van der Waals surface area contributed by atoms with Gasteiger partial charge >= 0.3 is 5.97 Å². The lowest BCUT2D eigenvalue weighted by Gasteiger charge is -2.40. The molecule has 2 aromatic carbocycles. The van der Waals surface area contributed by atoms with Crippen molar-refractivity contribution in [1.82, 2.24) is 10.2 Å². The zero-order chi connectivity index (χ0) is 34.3. The third kappa shape index (κ3) is 5.99. The molecular formula is C36H39BrClN3O7. The highest BCUT2D eigenvalue weighted by Crippen LogP contribution is 2.59. The highest BCUT2D eigenvalue weighted by Gasteiger charge is 2.75. The zero-order valence-electron chi connectivity index (χ0n) is 26.9. The Morgan fingerprint density at radius 2 is 1.73 bits per heavy atom. The molecule has 4 heterocycles. The van der Waals surface area contributed by atoms with Crippen molar-refractivity contribution in [2.24, 2.45) is 17.8 Å². The summed E-state index contributed by atoms with van der Waals surface area (Å²) in [7, 11) is 0. The van der Waals surface area contributed by atoms with E-state index in [0.29, 0.717) is 27.2 Å². The smallest absolute Gasteiger partial charge is 0.313 e. The Hall–Kier alpha value is -3.51. The molecule has 12 heteroatoms. The Bertz CT molecular complexity index is 1630. The minimum atomic E-state index is -1.52. The van der Waals surface area contributed by atoms with Gasteiger partial charge in [0.2, 0.25) is 11.8 Å². The maximum absolute atomic E-state index is 15.0. The normalized spacial score (nSPS) is 32.2. The Morgan fingerprint density at radius 1 is 1.02 bits per heavy atom. The van der Waals surface area contributed by atoms with Crippen molar-refractivity contribution in [3.05, 3.63) is 87.9 Å². The molecular weight excluding hydrogens is 702 g/mol. The first-order valence-corrected chi connectivity index (χ1v) is 17.4. The molecule has 2 aromatic rings. The molecule has 0 aliphatic carbocycles. The SMILES string of the molecule is CC(C)[C@H](CO)N1C(=O)[C@H]2[C@@H]3C(=O)O[C@H](c4ccccc4)[C@@H](C)NC(=O)CC/C=C\CN(c4ccc(Cl)cc4)C(=O)[C@H]1[C@@]21C=C(Br)[C@@H]3O1. The van der Waals surface area contributed by atoms with Crippen molar-refractivity contribution in [3.63, 3.8) is 0 Å². The van der Waals surface area contributed by atoms with Gasteiger partial charge in [-0.1, -0.05) is 83.9 Å². The van der Waals surface area contributed by atoms with E-state index in [1.165, 1.54) is 4.90 Å². The van der Waals surface area contributed by atoms with Crippen LogP contribution in [0.15, 0.2) is 77.3 Å². The molecule has 6 rings (SSSR count). The first kappa shape index (κ1) is 34.4. The number of likely N-dealkylation sites (tertiary alicyclic amines) is 1. The van der Waals surface area contributed by atoms with E-state index < -0.39 is 72.2 Å². The van der Waals surface area contributed by atoms with Gasteiger partial charge in [0.05, 0.1) is 24.6 Å². The molecule has 48 heavy (non-hydrogen) atoms. The van der Waals surface area contributed by atoms with Crippen molar-refractivity contribution in [1.29, 1.82) is 0 Å². The Balaban J connectivity index is 1.50. The molecule has 2 fully saturated rings. The van der Waals surface area contributed by atoms with Gasteiger partial charge in [-0.2, -0.15) is 0 Å². The van der Waals surface area contributed by atoms with Gasteiger partial charge in [0.15, 0.2) is 0 Å². The number of carbonyl (C=O) groups is 4. The highest BCUT2D eigenvalue weighted by molar-refractivity contribution is 9.11. The number of fused-ring (bicyclic) bond motifs is 2. The molecule has 1 spiro atoms. The van der Waals surface area contributed by atoms with Gasteiger partial charge in [0.1, 0.15) is 29.8 Å². The van der Waals surface area contributed by atoms with E-state index in [2.05, 4.69) is 21.2 Å². The lowest BCUT2D eigenvalue weighted by Crippen LogP contribution is -2.59. The van der Waals surface area contributed by atoms with Gasteiger partial charge in [0, 0.05) is 28.2 Å². The number of hydrogen-bond acceptors (Lipinski definition) is 7. The summed E-state index contributed by atoms with van der Waals surface area (Å²) < 4.78 is 13.4. The minimum Gasteiger partial charge on any atom is -0.455 e. The molecule has 0 saturated carbocycles. The van der Waals surface area contributed by atoms with Crippen molar-refractivity contribution in [2.45, 2.75) is 69.5 Å². The van der Waals surface area contributed by atoms with E-state index in [9.17, 15) is 19.5 Å². The van der Waals surface area contributed by atoms with Crippen LogP contribution in [-0.2, 0) is 28.7 Å². The van der Waals surface area contributed by atoms with Crippen molar-refractivity contribution >= 4 is 56.9 Å². The number of halogens is 2. The third-order valence-corrected chi connectivity index (χ3v) is 10.7. The number of aliphatic hydroxyl groups is 1. The largest absolute Gasteiger partial charge is 0.455 e. The molecule has 10 nitrogen and oxygen atoms in total. The standard InChI is InChI=1S/C36H39BrClN3O7/c1-20(2)26(19-42)41-32-34(45)40(24-15-13-23(38)14-16-24)17-9-5-8-12-27(43)39-21(3)30(22-10-6-4-7-11-22)47-35(46)28-29(33(41)44)36(32)18-25(37)31(28)48-36/h4-7,9-11,13-16,18,20-21,26,28-32,42H,8,12,17,19H2,1-3H3,(H,39,43)/b9-5-/t21-,26+,28+,29-,30+,31+,32+,36-/m1/s1. The number of nitrogens with zero attached hydrogens (tertiary/aromatic N) is 2. The van der Waals surface area contributed by atoms with Gasteiger partial charge < -0.3 is 29.7 Å². The van der Waals surface area contributed by atoms with Crippen LogP contribution in [0, 0.1) is 17.8 Å². The van der Waals surface area contributed by atoms with E-state index >= 15 is 4.79 Å². The maximum atomic E-state index is 15.0. The molecule has 4 aliphatic heterocycles. The van der Waals surface area contributed by atoms with E-state index in [4.69, 9.17) is 21.1 Å². The molecule has 2 saturated heterocycles. The average Bonchev–Trinajstić information content (AvgIpc) is 3.65. The number of carbonyl (C=O) groups excluding carboxylic acids is 4. The average molecular weight is 741 g/mol. The molecule has 2 N–H and O–H groups in total. The van der Waals surface area contributed by atoms with Crippen molar-refractivity contribution in [2.75, 3.05) is 18.1 Å². The van der Waals surface area contributed by atoms with Crippen LogP contribution in [-0.4, -0.2) is 76.7 Å². The molecule has 4 aliphatic rings. The molecule has 3 amide bonds. The van der Waals surface area contributed by atoms with Gasteiger partial charge in [-0.05, 0) is 55.2 Å². The fraction of sp³-hybridized carbons (Fsp3) is 0.444. The fourth-order valence-corrected chi connectivity index (χ4v) is 8.36. The van der Waals surface area contributed by atoms with Crippen LogP contribution in [0.5, 0.6) is 0 Å². The number of esters is 1. The van der Waals surface area contributed by atoms with E-state index in [0.717, 1.165) is 0 Å². The van der Waals surface area contributed by atoms with Crippen LogP contribution >= 0.6 is 27.5 Å². The van der Waals surface area contributed by atoms with Crippen LogP contribution < -0.4 is 10.2 Å². The summed E-state index contributed by atoms with van der Waals surface area (Å²) in [4.78, 5) is 60.1. The van der Waals surface area contributed by atoms with Crippen LogP contribution in [0.3, 0.4) is 0 Å². The lowest BCUT2D eigenvalue weighted by molar-refractivity contribution is -0.162. The zero-order valence-corrected chi connectivity index (χ0v) is 29.3. The minimum absolute atomic E-state index is 0.124. The number of ether oxygens (including phenoxy) is 2. The number of rotatable bonds is 5. The Kier molecular flexibility index (Phi) is 9.86. The molecule has 254 valence electrons. The number of anilines is 1. The summed E-state index contributed by atoms with van der Waals surface area (Å²) in [6.07, 6.45) is 4.23.